The second kappa shape index (κ2) is 16.6. The van der Waals surface area contributed by atoms with Crippen molar-refractivity contribution in [2.24, 2.45) is 0 Å². The molecule has 0 aromatic heterocycles. The third-order valence-corrected chi connectivity index (χ3v) is 5.00. The number of likely N-dealkylation sites (N-methyl/N-ethyl adjacent to an activating group) is 1. The summed E-state index contributed by atoms with van der Waals surface area (Å²) in [5, 5.41) is 12.1. The molecule has 4 nitrogen and oxygen atoms in total. The van der Waals surface area contributed by atoms with E-state index in [1.165, 1.54) is 90.4 Å². The first-order chi connectivity index (χ1) is 12.4. The summed E-state index contributed by atoms with van der Waals surface area (Å²) < 4.78 is 0.280. The number of carbonyl (C=O) groups excluding carboxylic acids is 1. The number of hydrogen-bond acceptors (Lipinski definition) is 2. The van der Waals surface area contributed by atoms with Crippen LogP contribution in [-0.2, 0) is 4.79 Å². The molecule has 0 aliphatic heterocycles. The Bertz CT molecular complexity index is 332. The molecule has 0 saturated carbocycles. The first-order valence-corrected chi connectivity index (χ1v) is 11.1. The number of amides is 1. The van der Waals surface area contributed by atoms with Crippen LogP contribution in [0.2, 0.25) is 0 Å². The van der Waals surface area contributed by atoms with Gasteiger partial charge in [-0.3, -0.25) is 4.79 Å². The molecule has 0 aliphatic carbocycles. The fourth-order valence-electron chi connectivity index (χ4n) is 3.64. The van der Waals surface area contributed by atoms with Gasteiger partial charge in [0.25, 0.3) is 5.91 Å². The van der Waals surface area contributed by atoms with Crippen molar-refractivity contribution < 1.29 is 14.5 Å². The molecule has 0 saturated heterocycles. The topological polar surface area (TPSA) is 52.2 Å². The highest BCUT2D eigenvalue weighted by Crippen LogP contribution is 2.13. The minimum absolute atomic E-state index is 0.0845. The van der Waals surface area contributed by atoms with Gasteiger partial charge < -0.3 is 5.11 Å². The Labute approximate surface area is 163 Å². The molecular weight excluding hydrogens is 324 g/mol. The van der Waals surface area contributed by atoms with E-state index in [0.717, 1.165) is 12.8 Å². The van der Waals surface area contributed by atoms with E-state index in [0.29, 0.717) is 6.54 Å². The lowest BCUT2D eigenvalue weighted by atomic mass is 10.0. The van der Waals surface area contributed by atoms with Crippen molar-refractivity contribution in [3.05, 3.63) is 0 Å². The highest BCUT2D eigenvalue weighted by molar-refractivity contribution is 5.71. The number of unbranched alkanes of at least 4 members (excludes halogenated alkanes) is 13. The van der Waals surface area contributed by atoms with Gasteiger partial charge in [-0.2, -0.15) is 0 Å². The van der Waals surface area contributed by atoms with E-state index in [4.69, 9.17) is 0 Å². The number of rotatable bonds is 18. The number of quaternary nitrogens is 1. The largest absolute Gasteiger partial charge is 0.848 e. The molecule has 1 N–H and O–H groups in total. The lowest BCUT2D eigenvalue weighted by molar-refractivity contribution is -0.933. The van der Waals surface area contributed by atoms with Crippen molar-refractivity contribution >= 4 is 5.91 Å². The van der Waals surface area contributed by atoms with Crippen molar-refractivity contribution in [2.45, 2.75) is 116 Å². The summed E-state index contributed by atoms with van der Waals surface area (Å²) in [6.07, 6.45) is 18.9. The first-order valence-electron chi connectivity index (χ1n) is 11.1. The molecule has 0 spiro atoms. The first kappa shape index (κ1) is 25.4. The van der Waals surface area contributed by atoms with Crippen molar-refractivity contribution in [3.8, 4) is 0 Å². The summed E-state index contributed by atoms with van der Waals surface area (Å²) in [6, 6.07) is 0. The van der Waals surface area contributed by atoms with Gasteiger partial charge in [-0.25, -0.2) is 10.0 Å². The molecule has 0 fully saturated rings. The third-order valence-electron chi connectivity index (χ3n) is 5.00. The van der Waals surface area contributed by atoms with Gasteiger partial charge >= 0.3 is 0 Å². The molecule has 0 heterocycles. The number of carbonyl (C=O) groups is 1. The SMILES string of the molecule is CCCCCCCCCCCCCCCCC([O-])C[N+](C)(C)NC(C)=O. The van der Waals surface area contributed by atoms with E-state index < -0.39 is 6.10 Å². The zero-order valence-corrected chi connectivity index (χ0v) is 18.2. The molecule has 0 rings (SSSR count). The maximum Gasteiger partial charge on any atom is 0.261 e. The van der Waals surface area contributed by atoms with Crippen molar-refractivity contribution in [1.29, 1.82) is 0 Å². The molecule has 0 aromatic rings. The highest BCUT2D eigenvalue weighted by Gasteiger charge is 2.17. The van der Waals surface area contributed by atoms with Crippen LogP contribution in [0.1, 0.15) is 110 Å². The van der Waals surface area contributed by atoms with Crippen molar-refractivity contribution in [3.63, 3.8) is 0 Å². The van der Waals surface area contributed by atoms with Gasteiger partial charge in [0.15, 0.2) is 0 Å². The second-order valence-corrected chi connectivity index (χ2v) is 8.54. The van der Waals surface area contributed by atoms with Crippen LogP contribution in [0.15, 0.2) is 0 Å². The van der Waals surface area contributed by atoms with Gasteiger partial charge in [-0.15, -0.1) is 0 Å². The lowest BCUT2D eigenvalue weighted by Gasteiger charge is -2.35. The second-order valence-electron chi connectivity index (χ2n) is 8.54. The third kappa shape index (κ3) is 18.2. The van der Waals surface area contributed by atoms with Gasteiger partial charge in [-0.1, -0.05) is 109 Å². The van der Waals surface area contributed by atoms with E-state index in [1.54, 1.807) is 0 Å². The Hall–Kier alpha value is -0.610. The summed E-state index contributed by atoms with van der Waals surface area (Å²) in [6.45, 7) is 4.22. The quantitative estimate of drug-likeness (QED) is 0.216. The predicted octanol–water partition coefficient (Wildman–Crippen LogP) is 4.71. The molecule has 1 amide bonds. The average molecular weight is 371 g/mol. The van der Waals surface area contributed by atoms with Crippen LogP contribution < -0.4 is 10.5 Å². The number of nitrogens with one attached hydrogen (secondary N) is 1. The molecule has 26 heavy (non-hydrogen) atoms. The molecule has 1 unspecified atom stereocenters. The zero-order valence-electron chi connectivity index (χ0n) is 18.2. The van der Waals surface area contributed by atoms with Crippen LogP contribution in [0, 0.1) is 0 Å². The Morgan fingerprint density at radius 3 is 1.58 bits per heavy atom. The molecule has 0 aliphatic rings. The lowest BCUT2D eigenvalue weighted by Crippen LogP contribution is -2.58. The maximum absolute atomic E-state index is 12.1. The van der Waals surface area contributed by atoms with Crippen LogP contribution in [0.25, 0.3) is 0 Å². The zero-order chi connectivity index (χ0) is 19.7. The van der Waals surface area contributed by atoms with E-state index in [2.05, 4.69) is 12.3 Å². The normalized spacial score (nSPS) is 13.0. The van der Waals surface area contributed by atoms with Crippen LogP contribution in [0.3, 0.4) is 0 Å². The molecule has 0 radical (unpaired) electrons. The summed E-state index contributed by atoms with van der Waals surface area (Å²) in [5.74, 6) is -0.0845. The Morgan fingerprint density at radius 2 is 1.19 bits per heavy atom. The highest BCUT2D eigenvalue weighted by atomic mass is 16.3. The summed E-state index contributed by atoms with van der Waals surface area (Å²) in [4.78, 5) is 11.1. The minimum atomic E-state index is -0.589. The summed E-state index contributed by atoms with van der Waals surface area (Å²) in [7, 11) is 3.75. The van der Waals surface area contributed by atoms with Crippen LogP contribution in [-0.4, -0.2) is 37.2 Å². The minimum Gasteiger partial charge on any atom is -0.848 e. The molecule has 1 atom stereocenters. The van der Waals surface area contributed by atoms with Gasteiger partial charge in [0.05, 0.1) is 20.6 Å². The van der Waals surface area contributed by atoms with E-state index >= 15 is 0 Å². The predicted molar refractivity (Wildman–Crippen MR) is 110 cm³/mol. The van der Waals surface area contributed by atoms with Gasteiger partial charge in [-0.05, 0) is 0 Å². The van der Waals surface area contributed by atoms with E-state index in [9.17, 15) is 9.90 Å². The fraction of sp³-hybridized carbons (Fsp3) is 0.955. The Morgan fingerprint density at radius 1 is 0.808 bits per heavy atom. The molecule has 4 heteroatoms. The van der Waals surface area contributed by atoms with Gasteiger partial charge in [0.2, 0.25) is 0 Å². The van der Waals surface area contributed by atoms with Gasteiger partial charge in [0, 0.05) is 6.92 Å². The Kier molecular flexibility index (Phi) is 16.2. The summed E-state index contributed by atoms with van der Waals surface area (Å²) in [5.41, 5.74) is 2.80. The van der Waals surface area contributed by atoms with Crippen LogP contribution in [0.5, 0.6) is 0 Å². The van der Waals surface area contributed by atoms with Crippen molar-refractivity contribution in [1.82, 2.24) is 5.43 Å². The molecule has 156 valence electrons. The molecule has 0 aromatic carbocycles. The van der Waals surface area contributed by atoms with Gasteiger partial charge in [0.1, 0.15) is 0 Å². The van der Waals surface area contributed by atoms with Crippen LogP contribution in [0.4, 0.5) is 0 Å². The van der Waals surface area contributed by atoms with Crippen LogP contribution >= 0.6 is 0 Å². The fourth-order valence-corrected chi connectivity index (χ4v) is 3.64. The maximum atomic E-state index is 12.1. The smallest absolute Gasteiger partial charge is 0.261 e. The number of nitrogens with zero attached hydrogens (tertiary/aromatic N) is 1. The molecule has 0 bridgehead atoms. The molecular formula is C22H46N2O2. The van der Waals surface area contributed by atoms with Crippen molar-refractivity contribution in [2.75, 3.05) is 20.6 Å². The average Bonchev–Trinajstić information content (AvgIpc) is 2.53. The monoisotopic (exact) mass is 370 g/mol. The number of hydrogen-bond donors (Lipinski definition) is 1. The summed E-state index contributed by atoms with van der Waals surface area (Å²) >= 11 is 0. The van der Waals surface area contributed by atoms with E-state index in [1.807, 2.05) is 14.1 Å². The standard InChI is InChI=1S/C22H46N2O2/c1-5-6-7-8-9-10-11-12-13-14-15-16-17-18-19-22(26)20-24(3,4)23-21(2)25/h22H,5-20H2,1-4H3,(H,23,25). The Balaban J connectivity index is 3.34. The van der Waals surface area contributed by atoms with E-state index in [-0.39, 0.29) is 10.5 Å².